The van der Waals surface area contributed by atoms with Gasteiger partial charge in [0.1, 0.15) is 0 Å². The van der Waals surface area contributed by atoms with Crippen molar-refractivity contribution in [3.05, 3.63) is 131 Å². The van der Waals surface area contributed by atoms with Crippen LogP contribution in [0.15, 0.2) is 103 Å². The molecule has 0 saturated heterocycles. The SMILES string of the molecule is OC[C@H](Cc1ccccc1)NCc1ccc(CN(CCNCc2ccccn2)CCNCc2ccccn2)cc1. The monoisotopic (exact) mass is 538 g/mol. The predicted octanol–water partition coefficient (Wildman–Crippen LogP) is 3.55. The third-order valence-electron chi connectivity index (χ3n) is 6.84. The fraction of sp³-hybridized carbons (Fsp3) is 0.333. The highest BCUT2D eigenvalue weighted by molar-refractivity contribution is 5.23. The molecule has 4 rings (SSSR count). The maximum absolute atomic E-state index is 9.83. The lowest BCUT2D eigenvalue weighted by Crippen LogP contribution is -2.36. The van der Waals surface area contributed by atoms with Crippen molar-refractivity contribution in [2.45, 2.75) is 38.6 Å². The van der Waals surface area contributed by atoms with Crippen LogP contribution < -0.4 is 16.0 Å². The number of hydrogen-bond acceptors (Lipinski definition) is 7. The van der Waals surface area contributed by atoms with Gasteiger partial charge in [-0.1, -0.05) is 66.7 Å². The number of aliphatic hydroxyl groups excluding tert-OH is 1. The number of hydrogen-bond donors (Lipinski definition) is 4. The first kappa shape index (κ1) is 29.5. The van der Waals surface area contributed by atoms with Gasteiger partial charge in [-0.15, -0.1) is 0 Å². The Hall–Kier alpha value is -3.46. The topological polar surface area (TPSA) is 85.3 Å². The third kappa shape index (κ3) is 11.0. The lowest BCUT2D eigenvalue weighted by atomic mass is 10.1. The highest BCUT2D eigenvalue weighted by Crippen LogP contribution is 2.09. The van der Waals surface area contributed by atoms with E-state index in [2.05, 4.69) is 67.2 Å². The van der Waals surface area contributed by atoms with E-state index in [4.69, 9.17) is 0 Å². The lowest BCUT2D eigenvalue weighted by Gasteiger charge is -2.23. The number of aliphatic hydroxyl groups is 1. The largest absolute Gasteiger partial charge is 0.395 e. The third-order valence-corrected chi connectivity index (χ3v) is 6.84. The molecule has 7 nitrogen and oxygen atoms in total. The molecule has 0 saturated carbocycles. The molecule has 0 unspecified atom stereocenters. The van der Waals surface area contributed by atoms with Crippen molar-refractivity contribution in [1.82, 2.24) is 30.8 Å². The second-order valence-corrected chi connectivity index (χ2v) is 10.0. The van der Waals surface area contributed by atoms with Gasteiger partial charge in [0.05, 0.1) is 18.0 Å². The lowest BCUT2D eigenvalue weighted by molar-refractivity contribution is 0.241. The molecule has 0 bridgehead atoms. The minimum absolute atomic E-state index is 0.0368. The Balaban J connectivity index is 1.25. The second-order valence-electron chi connectivity index (χ2n) is 10.0. The quantitative estimate of drug-likeness (QED) is 0.144. The Morgan fingerprint density at radius 2 is 1.20 bits per heavy atom. The fourth-order valence-electron chi connectivity index (χ4n) is 4.57. The average Bonchev–Trinajstić information content (AvgIpc) is 3.01. The second kappa shape index (κ2) is 17.3. The van der Waals surface area contributed by atoms with Crippen LogP contribution in [0.3, 0.4) is 0 Å². The molecule has 1 atom stereocenters. The molecule has 0 aliphatic rings. The summed E-state index contributed by atoms with van der Waals surface area (Å²) < 4.78 is 0. The van der Waals surface area contributed by atoms with E-state index in [1.54, 1.807) is 0 Å². The molecular weight excluding hydrogens is 496 g/mol. The van der Waals surface area contributed by atoms with E-state index in [-0.39, 0.29) is 12.6 Å². The Kier molecular flexibility index (Phi) is 12.8. The summed E-state index contributed by atoms with van der Waals surface area (Å²) in [5.41, 5.74) is 5.86. The molecule has 4 aromatic rings. The molecule has 0 aliphatic heterocycles. The number of pyridine rings is 2. The first-order valence-corrected chi connectivity index (χ1v) is 14.2. The van der Waals surface area contributed by atoms with Crippen LogP contribution >= 0.6 is 0 Å². The van der Waals surface area contributed by atoms with Crippen LogP contribution in [-0.2, 0) is 32.6 Å². The van der Waals surface area contributed by atoms with E-state index >= 15 is 0 Å². The van der Waals surface area contributed by atoms with Crippen LogP contribution in [0.1, 0.15) is 28.1 Å². The van der Waals surface area contributed by atoms with Gasteiger partial charge in [-0.2, -0.15) is 0 Å². The number of nitrogens with one attached hydrogen (secondary N) is 3. The van der Waals surface area contributed by atoms with Crippen molar-refractivity contribution in [3.63, 3.8) is 0 Å². The van der Waals surface area contributed by atoms with Crippen molar-refractivity contribution < 1.29 is 5.11 Å². The van der Waals surface area contributed by atoms with E-state index in [1.807, 2.05) is 67.0 Å². The zero-order chi connectivity index (χ0) is 27.7. The summed E-state index contributed by atoms with van der Waals surface area (Å²) >= 11 is 0. The molecule has 0 radical (unpaired) electrons. The number of rotatable bonds is 18. The molecule has 2 aromatic heterocycles. The number of benzene rings is 2. The Morgan fingerprint density at radius 1 is 0.625 bits per heavy atom. The Morgan fingerprint density at radius 3 is 1.75 bits per heavy atom. The van der Waals surface area contributed by atoms with Crippen LogP contribution in [-0.4, -0.2) is 58.8 Å². The van der Waals surface area contributed by atoms with Crippen molar-refractivity contribution in [1.29, 1.82) is 0 Å². The molecule has 0 aliphatic carbocycles. The van der Waals surface area contributed by atoms with Gasteiger partial charge < -0.3 is 21.1 Å². The molecule has 0 fully saturated rings. The van der Waals surface area contributed by atoms with E-state index in [1.165, 1.54) is 16.7 Å². The first-order chi connectivity index (χ1) is 19.8. The predicted molar refractivity (Wildman–Crippen MR) is 161 cm³/mol. The van der Waals surface area contributed by atoms with Gasteiger partial charge >= 0.3 is 0 Å². The Bertz CT molecular complexity index is 1140. The van der Waals surface area contributed by atoms with Crippen LogP contribution in [0.25, 0.3) is 0 Å². The Labute approximate surface area is 238 Å². The van der Waals surface area contributed by atoms with E-state index in [0.29, 0.717) is 0 Å². The highest BCUT2D eigenvalue weighted by atomic mass is 16.3. The maximum Gasteiger partial charge on any atom is 0.0587 e. The standard InChI is InChI=1S/C33H42N6O/c40-27-33(22-28-8-2-1-3-9-28)38-23-29-12-14-30(15-13-29)26-39(20-18-34-24-31-10-4-6-16-36-31)21-19-35-25-32-11-5-7-17-37-32/h1-17,33-35,38,40H,18-27H2/t33-/m0/s1. The van der Waals surface area contributed by atoms with Crippen molar-refractivity contribution in [2.24, 2.45) is 0 Å². The van der Waals surface area contributed by atoms with Gasteiger partial charge in [-0.05, 0) is 47.4 Å². The highest BCUT2D eigenvalue weighted by Gasteiger charge is 2.09. The van der Waals surface area contributed by atoms with E-state index in [9.17, 15) is 5.11 Å². The van der Waals surface area contributed by atoms with Crippen molar-refractivity contribution in [3.8, 4) is 0 Å². The summed E-state index contributed by atoms with van der Waals surface area (Å²) in [7, 11) is 0. The molecule has 0 spiro atoms. The molecule has 0 amide bonds. The summed E-state index contributed by atoms with van der Waals surface area (Å²) in [6, 6.07) is 31.2. The van der Waals surface area contributed by atoms with Crippen LogP contribution in [0.2, 0.25) is 0 Å². The number of aromatic nitrogens is 2. The molecule has 2 heterocycles. The zero-order valence-electron chi connectivity index (χ0n) is 23.3. The first-order valence-electron chi connectivity index (χ1n) is 14.2. The van der Waals surface area contributed by atoms with Crippen LogP contribution in [0.4, 0.5) is 0 Å². The smallest absolute Gasteiger partial charge is 0.0587 e. The molecular formula is C33H42N6O. The summed E-state index contributed by atoms with van der Waals surface area (Å²) in [4.78, 5) is 11.3. The van der Waals surface area contributed by atoms with E-state index in [0.717, 1.165) is 70.2 Å². The molecule has 2 aromatic carbocycles. The van der Waals surface area contributed by atoms with Crippen molar-refractivity contribution in [2.75, 3.05) is 32.8 Å². The molecule has 210 valence electrons. The molecule has 40 heavy (non-hydrogen) atoms. The van der Waals surface area contributed by atoms with Gasteiger partial charge in [0.25, 0.3) is 0 Å². The summed E-state index contributed by atoms with van der Waals surface area (Å²) in [6.07, 6.45) is 4.49. The molecule has 4 N–H and O–H groups in total. The van der Waals surface area contributed by atoms with Gasteiger partial charge in [0, 0.05) is 70.8 Å². The minimum Gasteiger partial charge on any atom is -0.395 e. The van der Waals surface area contributed by atoms with Gasteiger partial charge in [0.2, 0.25) is 0 Å². The fourth-order valence-corrected chi connectivity index (χ4v) is 4.57. The van der Waals surface area contributed by atoms with Crippen molar-refractivity contribution >= 4 is 0 Å². The molecule has 7 heteroatoms. The summed E-state index contributed by atoms with van der Waals surface area (Å²) in [6.45, 7) is 6.95. The normalized spacial score (nSPS) is 12.1. The minimum atomic E-state index is 0.0368. The summed E-state index contributed by atoms with van der Waals surface area (Å²) in [5.74, 6) is 0. The van der Waals surface area contributed by atoms with Crippen LogP contribution in [0.5, 0.6) is 0 Å². The van der Waals surface area contributed by atoms with Gasteiger partial charge in [0.15, 0.2) is 0 Å². The maximum atomic E-state index is 9.83. The van der Waals surface area contributed by atoms with Crippen LogP contribution in [0, 0.1) is 0 Å². The van der Waals surface area contributed by atoms with Gasteiger partial charge in [-0.3, -0.25) is 14.9 Å². The summed E-state index contributed by atoms with van der Waals surface area (Å²) in [5, 5.41) is 20.4. The zero-order valence-corrected chi connectivity index (χ0v) is 23.3. The number of nitrogens with zero attached hydrogens (tertiary/aromatic N) is 3. The van der Waals surface area contributed by atoms with Gasteiger partial charge in [-0.25, -0.2) is 0 Å². The average molecular weight is 539 g/mol. The van der Waals surface area contributed by atoms with E-state index < -0.39 is 0 Å².